The Labute approximate surface area is 333 Å². The fourth-order valence-corrected chi connectivity index (χ4v) is 7.04. The van der Waals surface area contributed by atoms with Gasteiger partial charge < -0.3 is 31.2 Å². The number of carbonyl (C=O) groups is 2. The molecule has 4 unspecified atom stereocenters. The second kappa shape index (κ2) is 22.7. The summed E-state index contributed by atoms with van der Waals surface area (Å²) in [6, 6.07) is 34.7. The van der Waals surface area contributed by atoms with E-state index in [4.69, 9.17) is 20.9 Å². The molecule has 2 aliphatic rings. The molecule has 0 bridgehead atoms. The van der Waals surface area contributed by atoms with Gasteiger partial charge in [-0.1, -0.05) is 110 Å². The van der Waals surface area contributed by atoms with Crippen molar-refractivity contribution in [3.8, 4) is 11.5 Å². The summed E-state index contributed by atoms with van der Waals surface area (Å²) in [6.45, 7) is 17.0. The first kappa shape index (κ1) is 44.0. The Balaban J connectivity index is 0.000000192. The van der Waals surface area contributed by atoms with Gasteiger partial charge in [0.1, 0.15) is 11.5 Å². The Morgan fingerprint density at radius 3 is 1.25 bits per heavy atom. The third-order valence-corrected chi connectivity index (χ3v) is 10.8. The number of aliphatic carboxylic acids is 2. The molecule has 6 rings (SSSR count). The van der Waals surface area contributed by atoms with Gasteiger partial charge in [-0.3, -0.25) is 9.80 Å². The van der Waals surface area contributed by atoms with Crippen molar-refractivity contribution in [2.75, 3.05) is 39.3 Å². The first-order valence-electron chi connectivity index (χ1n) is 19.8. The van der Waals surface area contributed by atoms with Gasteiger partial charge in [-0.15, -0.1) is 0 Å². The van der Waals surface area contributed by atoms with Gasteiger partial charge >= 0.3 is 11.9 Å². The average molecular weight is 767 g/mol. The van der Waals surface area contributed by atoms with Crippen LogP contribution in [0.2, 0.25) is 0 Å². The van der Waals surface area contributed by atoms with Crippen LogP contribution in [-0.4, -0.2) is 83.4 Å². The summed E-state index contributed by atoms with van der Waals surface area (Å²) < 4.78 is 10.7. The van der Waals surface area contributed by atoms with Crippen LogP contribution in [0.5, 0.6) is 11.5 Å². The summed E-state index contributed by atoms with van der Waals surface area (Å²) >= 11 is 0. The number of rotatable bonds is 13. The molecule has 10 nitrogen and oxygen atoms in total. The zero-order valence-corrected chi connectivity index (χ0v) is 33.5. The maximum Gasteiger partial charge on any atom is 0.349 e. The van der Waals surface area contributed by atoms with E-state index < -0.39 is 24.1 Å². The lowest BCUT2D eigenvalue weighted by molar-refractivity contribution is -0.161. The third-order valence-electron chi connectivity index (χ3n) is 10.8. The third kappa shape index (κ3) is 14.4. The van der Waals surface area contributed by atoms with Crippen molar-refractivity contribution in [3.63, 3.8) is 0 Å². The zero-order chi connectivity index (χ0) is 40.5. The maximum atomic E-state index is 11.5. The molecule has 0 saturated carbocycles. The van der Waals surface area contributed by atoms with E-state index in [0.29, 0.717) is 11.8 Å². The lowest BCUT2D eigenvalue weighted by atomic mass is 9.87. The van der Waals surface area contributed by atoms with Gasteiger partial charge in [-0.2, -0.15) is 0 Å². The molecule has 2 fully saturated rings. The van der Waals surface area contributed by atoms with E-state index in [1.807, 2.05) is 13.8 Å². The van der Waals surface area contributed by atoms with Crippen LogP contribution < -0.4 is 20.9 Å². The highest BCUT2D eigenvalue weighted by Crippen LogP contribution is 2.25. The number of nitrogens with zero attached hydrogens (tertiary/aromatic N) is 2. The predicted molar refractivity (Wildman–Crippen MR) is 223 cm³/mol. The van der Waals surface area contributed by atoms with E-state index in [-0.39, 0.29) is 11.5 Å². The summed E-state index contributed by atoms with van der Waals surface area (Å²) in [7, 11) is 0. The van der Waals surface area contributed by atoms with Crippen LogP contribution in [0, 0.1) is 37.5 Å². The lowest BCUT2D eigenvalue weighted by Crippen LogP contribution is -2.47. The normalized spacial score (nSPS) is 20.9. The van der Waals surface area contributed by atoms with Crippen LogP contribution in [-0.2, 0) is 22.7 Å². The van der Waals surface area contributed by atoms with Gasteiger partial charge in [-0.25, -0.2) is 9.59 Å². The van der Waals surface area contributed by atoms with Gasteiger partial charge in [0.05, 0.1) is 0 Å². The Morgan fingerprint density at radius 1 is 0.607 bits per heavy atom. The average Bonchev–Trinajstić information content (AvgIpc) is 3.20. The summed E-state index contributed by atoms with van der Waals surface area (Å²) in [4.78, 5) is 28.1. The molecule has 0 aromatic heterocycles. The number of aryl methyl sites for hydroxylation is 2. The fraction of sp³-hybridized carbons (Fsp3) is 0.435. The zero-order valence-electron chi connectivity index (χ0n) is 33.5. The van der Waals surface area contributed by atoms with Gasteiger partial charge in [-0.05, 0) is 112 Å². The minimum atomic E-state index is -1.69. The van der Waals surface area contributed by atoms with Crippen LogP contribution in [0.3, 0.4) is 0 Å². The minimum Gasteiger partial charge on any atom is -0.478 e. The van der Waals surface area contributed by atoms with Crippen molar-refractivity contribution in [1.82, 2.24) is 9.80 Å². The quantitative estimate of drug-likeness (QED) is 0.113. The second-order valence-corrected chi connectivity index (χ2v) is 15.3. The molecule has 4 aromatic carbocycles. The number of nitrogens with two attached hydrogens (primary N) is 2. The van der Waals surface area contributed by atoms with Crippen molar-refractivity contribution >= 4 is 11.9 Å². The SMILES string of the molecule is CC1CCN(Cc2ccccc2)CC1CN.CC1CCN(Cc2ccccc2)CC1CN.Cc1ccc(O[C@@H](C(=O)O)[C@@H](Oc2ccc(C)cc2)C(=O)O)cc1. The highest BCUT2D eigenvalue weighted by atomic mass is 16.6. The van der Waals surface area contributed by atoms with Crippen molar-refractivity contribution in [1.29, 1.82) is 0 Å². The van der Waals surface area contributed by atoms with E-state index in [2.05, 4.69) is 84.3 Å². The Morgan fingerprint density at radius 2 is 0.946 bits per heavy atom. The number of hydrogen-bond donors (Lipinski definition) is 4. The van der Waals surface area contributed by atoms with E-state index in [9.17, 15) is 19.8 Å². The van der Waals surface area contributed by atoms with Gasteiger partial charge in [0.2, 0.25) is 12.2 Å². The number of hydrogen-bond acceptors (Lipinski definition) is 8. The molecule has 2 heterocycles. The standard InChI is InChI=1S/C18H18O6.2C14H22N2/c1-11-3-7-13(8-4-11)23-15(17(19)20)16(18(21)22)24-14-9-5-12(2)6-10-14;2*1-12-7-8-16(11-14(12)9-15)10-13-5-3-2-4-6-13/h3-10,15-16H,1-2H3,(H,19,20)(H,21,22);2*2-6,12,14H,7-11,15H2,1H3/t15-,16-;;/m1../s1. The molecule has 10 heteroatoms. The smallest absolute Gasteiger partial charge is 0.349 e. The monoisotopic (exact) mass is 766 g/mol. The Bertz CT molecular complexity index is 1600. The van der Waals surface area contributed by atoms with Crippen molar-refractivity contribution in [2.24, 2.45) is 35.1 Å². The predicted octanol–water partition coefficient (Wildman–Crippen LogP) is 6.87. The molecule has 0 radical (unpaired) electrons. The number of carboxylic acid groups (broad SMARTS) is 2. The van der Waals surface area contributed by atoms with Crippen LogP contribution in [0.15, 0.2) is 109 Å². The second-order valence-electron chi connectivity index (χ2n) is 15.3. The van der Waals surface area contributed by atoms with Gasteiger partial charge in [0.15, 0.2) is 0 Å². The van der Waals surface area contributed by atoms with E-state index >= 15 is 0 Å². The highest BCUT2D eigenvalue weighted by Gasteiger charge is 2.38. The molecule has 0 spiro atoms. The Hall–Kier alpha value is -4.74. The first-order valence-corrected chi connectivity index (χ1v) is 19.8. The van der Waals surface area contributed by atoms with Crippen LogP contribution in [0.25, 0.3) is 0 Å². The molecular formula is C46H62N4O6. The van der Waals surface area contributed by atoms with Crippen LogP contribution >= 0.6 is 0 Å². The molecule has 6 atom stereocenters. The van der Waals surface area contributed by atoms with Gasteiger partial charge in [0.25, 0.3) is 0 Å². The Kier molecular flexibility index (Phi) is 17.8. The van der Waals surface area contributed by atoms with E-state index in [0.717, 1.165) is 62.2 Å². The topological polar surface area (TPSA) is 152 Å². The largest absolute Gasteiger partial charge is 0.478 e. The molecule has 2 aliphatic heterocycles. The summed E-state index contributed by atoms with van der Waals surface area (Å²) in [5, 5.41) is 18.7. The molecule has 2 saturated heterocycles. The highest BCUT2D eigenvalue weighted by molar-refractivity contribution is 5.84. The molecule has 56 heavy (non-hydrogen) atoms. The summed E-state index contributed by atoms with van der Waals surface area (Å²) in [5.41, 5.74) is 16.4. The molecule has 4 aromatic rings. The van der Waals surface area contributed by atoms with Crippen LogP contribution in [0.1, 0.15) is 48.9 Å². The lowest BCUT2D eigenvalue weighted by Gasteiger charge is -2.36. The number of carboxylic acids is 2. The maximum absolute atomic E-state index is 11.5. The number of piperidine rings is 2. The molecule has 302 valence electrons. The minimum absolute atomic E-state index is 0.256. The molecule has 0 aliphatic carbocycles. The molecule has 6 N–H and O–H groups in total. The summed E-state index contributed by atoms with van der Waals surface area (Å²) in [6.07, 6.45) is -0.804. The fourth-order valence-electron chi connectivity index (χ4n) is 7.04. The van der Waals surface area contributed by atoms with Crippen molar-refractivity contribution in [3.05, 3.63) is 131 Å². The van der Waals surface area contributed by atoms with Gasteiger partial charge in [0, 0.05) is 26.2 Å². The van der Waals surface area contributed by atoms with Crippen molar-refractivity contribution < 1.29 is 29.3 Å². The van der Waals surface area contributed by atoms with Crippen LogP contribution in [0.4, 0.5) is 0 Å². The van der Waals surface area contributed by atoms with Crippen molar-refractivity contribution in [2.45, 2.75) is 65.8 Å². The number of benzene rings is 4. The molecule has 0 amide bonds. The number of ether oxygens (including phenoxy) is 2. The molecular weight excluding hydrogens is 705 g/mol. The summed E-state index contributed by atoms with van der Waals surface area (Å²) in [5.74, 6) is 0.604. The first-order chi connectivity index (χ1) is 26.9. The van der Waals surface area contributed by atoms with E-state index in [1.165, 1.54) is 37.1 Å². The number of likely N-dealkylation sites (tertiary alicyclic amines) is 2. The van der Waals surface area contributed by atoms with E-state index in [1.54, 1.807) is 48.5 Å².